The first kappa shape index (κ1) is 14.6. The first-order chi connectivity index (χ1) is 10.1. The van der Waals surface area contributed by atoms with Crippen molar-refractivity contribution in [3.63, 3.8) is 0 Å². The van der Waals surface area contributed by atoms with Crippen LogP contribution in [0.15, 0.2) is 18.2 Å². The van der Waals surface area contributed by atoms with Gasteiger partial charge < -0.3 is 10.6 Å². The Labute approximate surface area is 127 Å². The summed E-state index contributed by atoms with van der Waals surface area (Å²) in [6.07, 6.45) is 6.45. The number of anilines is 1. The molecule has 2 N–H and O–H groups in total. The number of carbonyl (C=O) groups is 1. The summed E-state index contributed by atoms with van der Waals surface area (Å²) < 4.78 is 0. The van der Waals surface area contributed by atoms with Crippen LogP contribution in [0.1, 0.15) is 69.0 Å². The zero-order valence-corrected chi connectivity index (χ0v) is 13.1. The molecule has 1 saturated carbocycles. The predicted octanol–water partition coefficient (Wildman–Crippen LogP) is 3.74. The Bertz CT molecular complexity index is 534. The highest BCUT2D eigenvalue weighted by molar-refractivity contribution is 6.04. The fraction of sp³-hybridized carbons (Fsp3) is 0.611. The third kappa shape index (κ3) is 2.48. The van der Waals surface area contributed by atoms with Gasteiger partial charge in [0.05, 0.1) is 5.92 Å². The molecule has 1 heterocycles. The minimum atomic E-state index is -0.0292. The molecule has 2 unspecified atom stereocenters. The van der Waals surface area contributed by atoms with E-state index < -0.39 is 0 Å². The van der Waals surface area contributed by atoms with E-state index in [4.69, 9.17) is 5.73 Å². The van der Waals surface area contributed by atoms with Crippen molar-refractivity contribution in [1.82, 2.24) is 0 Å². The predicted molar refractivity (Wildman–Crippen MR) is 86.4 cm³/mol. The number of amides is 1. The van der Waals surface area contributed by atoms with Crippen molar-refractivity contribution in [2.24, 2.45) is 11.7 Å². The van der Waals surface area contributed by atoms with E-state index >= 15 is 0 Å². The van der Waals surface area contributed by atoms with E-state index in [9.17, 15) is 4.79 Å². The van der Waals surface area contributed by atoms with Crippen LogP contribution in [0.3, 0.4) is 0 Å². The molecule has 0 aromatic heterocycles. The lowest BCUT2D eigenvalue weighted by Crippen LogP contribution is -2.27. The molecule has 1 aromatic rings. The second-order valence-electron chi connectivity index (χ2n) is 6.55. The highest BCUT2D eigenvalue weighted by atomic mass is 16.2. The quantitative estimate of drug-likeness (QED) is 0.920. The van der Waals surface area contributed by atoms with Gasteiger partial charge in [0.25, 0.3) is 0 Å². The van der Waals surface area contributed by atoms with E-state index in [2.05, 4.69) is 18.2 Å². The zero-order chi connectivity index (χ0) is 15.0. The molecular formula is C18H26N2O. The molecule has 0 radical (unpaired) electrons. The molecule has 1 aliphatic heterocycles. The van der Waals surface area contributed by atoms with Crippen LogP contribution in [0.4, 0.5) is 5.69 Å². The molecule has 3 nitrogen and oxygen atoms in total. The maximum atomic E-state index is 12.3. The van der Waals surface area contributed by atoms with Crippen LogP contribution in [0.2, 0.25) is 0 Å². The number of nitrogens with two attached hydrogens (primary N) is 1. The van der Waals surface area contributed by atoms with Gasteiger partial charge in [-0.1, -0.05) is 31.4 Å². The second kappa shape index (κ2) is 5.80. The van der Waals surface area contributed by atoms with Gasteiger partial charge >= 0.3 is 0 Å². The summed E-state index contributed by atoms with van der Waals surface area (Å²) in [6.45, 7) is 4.78. The van der Waals surface area contributed by atoms with Crippen molar-refractivity contribution >= 4 is 11.6 Å². The minimum absolute atomic E-state index is 0.0292. The lowest BCUT2D eigenvalue weighted by atomic mass is 9.81. The topological polar surface area (TPSA) is 46.3 Å². The molecule has 1 aliphatic carbocycles. The van der Waals surface area contributed by atoms with E-state index in [0.717, 1.165) is 17.8 Å². The third-order valence-electron chi connectivity index (χ3n) is 5.30. The maximum Gasteiger partial charge on any atom is 0.234 e. The summed E-state index contributed by atoms with van der Waals surface area (Å²) in [7, 11) is 0. The number of carbonyl (C=O) groups excluding carboxylic acids is 1. The average Bonchev–Trinajstić information content (AvgIpc) is 2.78. The molecule has 2 aliphatic rings. The van der Waals surface area contributed by atoms with Crippen molar-refractivity contribution in [3.8, 4) is 0 Å². The summed E-state index contributed by atoms with van der Waals surface area (Å²) in [5.74, 6) is 0.792. The molecule has 1 aromatic carbocycles. The molecule has 114 valence electrons. The number of nitrogens with zero attached hydrogens (tertiary/aromatic N) is 1. The van der Waals surface area contributed by atoms with Crippen molar-refractivity contribution < 1.29 is 4.79 Å². The van der Waals surface area contributed by atoms with Crippen LogP contribution in [0.25, 0.3) is 0 Å². The van der Waals surface area contributed by atoms with Crippen molar-refractivity contribution in [3.05, 3.63) is 29.3 Å². The van der Waals surface area contributed by atoms with Gasteiger partial charge in [0.1, 0.15) is 0 Å². The summed E-state index contributed by atoms with van der Waals surface area (Å²) in [4.78, 5) is 14.2. The number of rotatable bonds is 3. The van der Waals surface area contributed by atoms with E-state index in [-0.39, 0.29) is 17.9 Å². The highest BCUT2D eigenvalue weighted by Gasteiger charge is 2.34. The van der Waals surface area contributed by atoms with Gasteiger partial charge in [0.15, 0.2) is 0 Å². The molecular weight excluding hydrogens is 260 g/mol. The molecule has 2 atom stereocenters. The average molecular weight is 286 g/mol. The maximum absolute atomic E-state index is 12.3. The smallest absolute Gasteiger partial charge is 0.234 e. The van der Waals surface area contributed by atoms with Crippen LogP contribution >= 0.6 is 0 Å². The number of likely N-dealkylation sites (N-methyl/N-ethyl adjacent to an activating group) is 1. The lowest BCUT2D eigenvalue weighted by molar-refractivity contribution is -0.118. The number of benzene rings is 1. The van der Waals surface area contributed by atoms with Crippen molar-refractivity contribution in [1.29, 1.82) is 0 Å². The van der Waals surface area contributed by atoms with E-state index in [0.29, 0.717) is 5.92 Å². The Hall–Kier alpha value is -1.35. The van der Waals surface area contributed by atoms with Gasteiger partial charge in [-0.05, 0) is 49.8 Å². The zero-order valence-electron chi connectivity index (χ0n) is 13.1. The monoisotopic (exact) mass is 286 g/mol. The molecule has 21 heavy (non-hydrogen) atoms. The molecule has 0 bridgehead atoms. The fourth-order valence-corrected chi connectivity index (χ4v) is 3.95. The number of fused-ring (bicyclic) bond motifs is 1. The standard InChI is InChI=1S/C18H26N2O/c1-3-20-16-10-9-14(11-15(16)12(2)18(20)21)17(19)13-7-5-4-6-8-13/h9-13,17H,3-8,19H2,1-2H3. The van der Waals surface area contributed by atoms with Gasteiger partial charge in [0, 0.05) is 18.3 Å². The minimum Gasteiger partial charge on any atom is -0.324 e. The van der Waals surface area contributed by atoms with Crippen molar-refractivity contribution in [2.45, 2.75) is 57.9 Å². The Morgan fingerprint density at radius 3 is 2.67 bits per heavy atom. The second-order valence-corrected chi connectivity index (χ2v) is 6.55. The van der Waals surface area contributed by atoms with Gasteiger partial charge in [0.2, 0.25) is 5.91 Å². The van der Waals surface area contributed by atoms with E-state index in [1.54, 1.807) is 0 Å². The molecule has 1 amide bonds. The van der Waals surface area contributed by atoms with Crippen molar-refractivity contribution in [2.75, 3.05) is 11.4 Å². The SMILES string of the molecule is CCN1C(=O)C(C)c2cc(C(N)C3CCCCC3)ccc21. The van der Waals surface area contributed by atoms with Gasteiger partial charge in [-0.3, -0.25) is 4.79 Å². The van der Waals surface area contributed by atoms with Crippen LogP contribution in [-0.4, -0.2) is 12.5 Å². The van der Waals surface area contributed by atoms with Crippen LogP contribution in [-0.2, 0) is 4.79 Å². The van der Waals surface area contributed by atoms with Gasteiger partial charge in [-0.15, -0.1) is 0 Å². The Balaban J connectivity index is 1.88. The van der Waals surface area contributed by atoms with Crippen LogP contribution in [0.5, 0.6) is 0 Å². The highest BCUT2D eigenvalue weighted by Crippen LogP contribution is 2.40. The number of hydrogen-bond acceptors (Lipinski definition) is 2. The van der Waals surface area contributed by atoms with Gasteiger partial charge in [-0.25, -0.2) is 0 Å². The largest absolute Gasteiger partial charge is 0.324 e. The van der Waals surface area contributed by atoms with E-state index in [1.165, 1.54) is 37.7 Å². The summed E-state index contributed by atoms with van der Waals surface area (Å²) in [6, 6.07) is 6.53. The first-order valence-electron chi connectivity index (χ1n) is 8.34. The normalized spacial score (nSPS) is 24.2. The molecule has 3 heteroatoms. The lowest BCUT2D eigenvalue weighted by Gasteiger charge is -2.28. The fourth-order valence-electron chi connectivity index (χ4n) is 3.95. The molecule has 3 rings (SSSR count). The van der Waals surface area contributed by atoms with Crippen LogP contribution in [0, 0.1) is 5.92 Å². The summed E-state index contributed by atoms with van der Waals surface area (Å²) in [5, 5.41) is 0. The third-order valence-corrected chi connectivity index (χ3v) is 5.30. The van der Waals surface area contributed by atoms with Crippen LogP contribution < -0.4 is 10.6 Å². The Morgan fingerprint density at radius 2 is 2.00 bits per heavy atom. The number of hydrogen-bond donors (Lipinski definition) is 1. The van der Waals surface area contributed by atoms with E-state index in [1.807, 2.05) is 18.7 Å². The Morgan fingerprint density at radius 1 is 1.29 bits per heavy atom. The van der Waals surface area contributed by atoms with Gasteiger partial charge in [-0.2, -0.15) is 0 Å². The first-order valence-corrected chi connectivity index (χ1v) is 8.34. The Kier molecular flexibility index (Phi) is 4.03. The molecule has 0 spiro atoms. The summed E-state index contributed by atoms with van der Waals surface area (Å²) >= 11 is 0. The molecule has 1 fully saturated rings. The summed E-state index contributed by atoms with van der Waals surface area (Å²) in [5.41, 5.74) is 9.96. The molecule has 0 saturated heterocycles.